The van der Waals surface area contributed by atoms with Gasteiger partial charge in [-0.05, 0) is 43.0 Å². The average Bonchev–Trinajstić information content (AvgIpc) is 3.18. The van der Waals surface area contributed by atoms with E-state index >= 15 is 0 Å². The van der Waals surface area contributed by atoms with Crippen LogP contribution in [0.25, 0.3) is 0 Å². The van der Waals surface area contributed by atoms with Crippen LogP contribution in [0, 0.1) is 11.8 Å². The van der Waals surface area contributed by atoms with Gasteiger partial charge in [0.2, 0.25) is 0 Å². The maximum atomic E-state index is 12.2. The Bertz CT molecular complexity index is 438. The molecule has 0 radical (unpaired) electrons. The highest BCUT2D eigenvalue weighted by molar-refractivity contribution is 7.09. The summed E-state index contributed by atoms with van der Waals surface area (Å²) in [4.78, 5) is 16.2. The third-order valence-corrected chi connectivity index (χ3v) is 5.77. The second kappa shape index (κ2) is 6.40. The predicted octanol–water partition coefficient (Wildman–Crippen LogP) is 4.11. The van der Waals surface area contributed by atoms with Crippen LogP contribution in [0.4, 0.5) is 0 Å². The maximum absolute atomic E-state index is 12.2. The fraction of sp³-hybridized carbons (Fsp3) is 0.706. The minimum atomic E-state index is 0.300. The van der Waals surface area contributed by atoms with Crippen LogP contribution in [-0.4, -0.2) is 23.3 Å². The van der Waals surface area contributed by atoms with Gasteiger partial charge >= 0.3 is 0 Å². The van der Waals surface area contributed by atoms with Crippen LogP contribution in [0.3, 0.4) is 0 Å². The van der Waals surface area contributed by atoms with Crippen molar-refractivity contribution in [3.63, 3.8) is 0 Å². The molecule has 1 heterocycles. The maximum Gasteiger partial charge on any atom is 0.137 e. The molecule has 0 bridgehead atoms. The van der Waals surface area contributed by atoms with Gasteiger partial charge in [-0.15, -0.1) is 11.3 Å². The van der Waals surface area contributed by atoms with Crippen molar-refractivity contribution in [2.45, 2.75) is 58.0 Å². The van der Waals surface area contributed by atoms with E-state index in [4.69, 9.17) is 0 Å². The van der Waals surface area contributed by atoms with Crippen LogP contribution in [0.2, 0.25) is 0 Å². The molecule has 1 aromatic rings. The first-order valence-corrected chi connectivity index (χ1v) is 8.93. The van der Waals surface area contributed by atoms with Gasteiger partial charge in [-0.3, -0.25) is 9.69 Å². The van der Waals surface area contributed by atoms with E-state index in [2.05, 4.69) is 29.3 Å². The molecule has 110 valence electrons. The smallest absolute Gasteiger partial charge is 0.137 e. The van der Waals surface area contributed by atoms with Crippen molar-refractivity contribution in [1.82, 2.24) is 4.90 Å². The SMILES string of the molecule is CCC1CCC(=O)C(CN(Cc2cccs2)C2CC2)C1. The van der Waals surface area contributed by atoms with E-state index in [1.165, 1.54) is 24.1 Å². The number of hydrogen-bond acceptors (Lipinski definition) is 3. The summed E-state index contributed by atoms with van der Waals surface area (Å²) < 4.78 is 0. The second-order valence-corrected chi connectivity index (χ2v) is 7.48. The lowest BCUT2D eigenvalue weighted by molar-refractivity contribution is -0.126. The molecule has 0 N–H and O–H groups in total. The van der Waals surface area contributed by atoms with Crippen molar-refractivity contribution in [3.8, 4) is 0 Å². The summed E-state index contributed by atoms with van der Waals surface area (Å²) in [7, 11) is 0. The summed E-state index contributed by atoms with van der Waals surface area (Å²) >= 11 is 1.84. The topological polar surface area (TPSA) is 20.3 Å². The number of ketones is 1. The molecule has 2 aliphatic carbocycles. The molecular formula is C17H25NOS. The minimum Gasteiger partial charge on any atom is -0.299 e. The van der Waals surface area contributed by atoms with E-state index in [1.54, 1.807) is 0 Å². The highest BCUT2D eigenvalue weighted by Gasteiger charge is 2.34. The molecule has 0 saturated heterocycles. The minimum absolute atomic E-state index is 0.300. The van der Waals surface area contributed by atoms with Gasteiger partial charge < -0.3 is 0 Å². The third kappa shape index (κ3) is 3.50. The highest BCUT2D eigenvalue weighted by atomic mass is 32.1. The number of hydrogen-bond donors (Lipinski definition) is 0. The first-order chi connectivity index (χ1) is 9.76. The van der Waals surface area contributed by atoms with Crippen LogP contribution >= 0.6 is 11.3 Å². The largest absolute Gasteiger partial charge is 0.299 e. The van der Waals surface area contributed by atoms with Gasteiger partial charge in [-0.2, -0.15) is 0 Å². The molecule has 2 fully saturated rings. The summed E-state index contributed by atoms with van der Waals surface area (Å²) in [6, 6.07) is 5.09. The molecule has 2 nitrogen and oxygen atoms in total. The van der Waals surface area contributed by atoms with Gasteiger partial charge in [0.15, 0.2) is 0 Å². The third-order valence-electron chi connectivity index (χ3n) is 4.91. The first-order valence-electron chi connectivity index (χ1n) is 8.05. The van der Waals surface area contributed by atoms with Crippen LogP contribution in [-0.2, 0) is 11.3 Å². The normalized spacial score (nSPS) is 27.2. The van der Waals surface area contributed by atoms with Crippen molar-refractivity contribution in [1.29, 1.82) is 0 Å². The molecule has 2 atom stereocenters. The Kier molecular flexibility index (Phi) is 4.57. The number of Topliss-reactive ketones (excluding diaryl/α,β-unsaturated/α-hetero) is 1. The quantitative estimate of drug-likeness (QED) is 0.786. The lowest BCUT2D eigenvalue weighted by atomic mass is 9.79. The van der Waals surface area contributed by atoms with Crippen molar-refractivity contribution in [2.75, 3.05) is 6.54 Å². The van der Waals surface area contributed by atoms with E-state index in [9.17, 15) is 4.79 Å². The molecule has 20 heavy (non-hydrogen) atoms. The Labute approximate surface area is 126 Å². The van der Waals surface area contributed by atoms with Crippen molar-refractivity contribution in [3.05, 3.63) is 22.4 Å². The summed E-state index contributed by atoms with van der Waals surface area (Å²) in [5.74, 6) is 1.60. The van der Waals surface area contributed by atoms with Gasteiger partial charge in [-0.1, -0.05) is 19.4 Å². The predicted molar refractivity (Wildman–Crippen MR) is 83.9 cm³/mol. The number of carbonyl (C=O) groups excluding carboxylic acids is 1. The van der Waals surface area contributed by atoms with E-state index in [0.29, 0.717) is 11.7 Å². The second-order valence-electron chi connectivity index (χ2n) is 6.45. The summed E-state index contributed by atoms with van der Waals surface area (Å²) in [5, 5.41) is 2.15. The standard InChI is InChI=1S/C17H25NOS/c1-2-13-5-8-17(19)14(10-13)11-18(15-6-7-15)12-16-4-3-9-20-16/h3-4,9,13-15H,2,5-8,10-12H2,1H3. The van der Waals surface area contributed by atoms with E-state index in [-0.39, 0.29) is 0 Å². The Morgan fingerprint density at radius 1 is 1.35 bits per heavy atom. The van der Waals surface area contributed by atoms with Crippen molar-refractivity contribution < 1.29 is 4.79 Å². The molecule has 2 saturated carbocycles. The van der Waals surface area contributed by atoms with Crippen LogP contribution in [0.5, 0.6) is 0 Å². The molecular weight excluding hydrogens is 266 g/mol. The van der Waals surface area contributed by atoms with Gasteiger partial charge in [0.1, 0.15) is 5.78 Å². The van der Waals surface area contributed by atoms with Gasteiger partial charge in [0.25, 0.3) is 0 Å². The summed E-state index contributed by atoms with van der Waals surface area (Å²) in [6.45, 7) is 4.31. The molecule has 0 amide bonds. The monoisotopic (exact) mass is 291 g/mol. The Hall–Kier alpha value is -0.670. The molecule has 2 aliphatic rings. The van der Waals surface area contributed by atoms with Gasteiger partial charge in [-0.25, -0.2) is 0 Å². The molecule has 0 aromatic carbocycles. The highest BCUT2D eigenvalue weighted by Crippen LogP contribution is 2.34. The van der Waals surface area contributed by atoms with Gasteiger partial charge in [0, 0.05) is 36.3 Å². The number of rotatable bonds is 6. The van der Waals surface area contributed by atoms with E-state index in [0.717, 1.165) is 44.3 Å². The molecule has 1 aromatic heterocycles. The van der Waals surface area contributed by atoms with Crippen LogP contribution < -0.4 is 0 Å². The fourth-order valence-corrected chi connectivity index (χ4v) is 4.15. The molecule has 0 aliphatic heterocycles. The number of thiophene rings is 1. The van der Waals surface area contributed by atoms with Crippen molar-refractivity contribution >= 4 is 17.1 Å². The molecule has 0 spiro atoms. The zero-order valence-corrected chi connectivity index (χ0v) is 13.2. The molecule has 3 rings (SSSR count). The summed E-state index contributed by atoms with van der Waals surface area (Å²) in [6.07, 6.45) is 6.95. The molecule has 2 unspecified atom stereocenters. The average molecular weight is 291 g/mol. The lowest BCUT2D eigenvalue weighted by Crippen LogP contribution is -2.37. The zero-order valence-electron chi connectivity index (χ0n) is 12.4. The Morgan fingerprint density at radius 2 is 2.20 bits per heavy atom. The van der Waals surface area contributed by atoms with Crippen LogP contribution in [0.1, 0.15) is 50.3 Å². The van der Waals surface area contributed by atoms with Gasteiger partial charge in [0.05, 0.1) is 0 Å². The van der Waals surface area contributed by atoms with Crippen molar-refractivity contribution in [2.24, 2.45) is 11.8 Å². The number of nitrogens with zero attached hydrogens (tertiary/aromatic N) is 1. The Balaban J connectivity index is 1.61. The van der Waals surface area contributed by atoms with Crippen LogP contribution in [0.15, 0.2) is 17.5 Å². The fourth-order valence-electron chi connectivity index (χ4n) is 3.42. The Morgan fingerprint density at radius 3 is 2.85 bits per heavy atom. The van der Waals surface area contributed by atoms with E-state index < -0.39 is 0 Å². The number of carbonyl (C=O) groups is 1. The first kappa shape index (κ1) is 14.3. The van der Waals surface area contributed by atoms with E-state index in [1.807, 2.05) is 11.3 Å². The lowest BCUT2D eigenvalue weighted by Gasteiger charge is -2.32. The molecule has 3 heteroatoms. The summed E-state index contributed by atoms with van der Waals surface area (Å²) in [5.41, 5.74) is 0. The zero-order chi connectivity index (χ0) is 13.9.